The van der Waals surface area contributed by atoms with Crippen molar-refractivity contribution in [2.75, 3.05) is 5.43 Å². The smallest absolute Gasteiger partial charge is 0.214 e. The van der Waals surface area contributed by atoms with Crippen LogP contribution in [0.5, 0.6) is 5.75 Å². The lowest BCUT2D eigenvalue weighted by molar-refractivity contribution is 0.303. The number of benzene rings is 2. The Bertz CT molecular complexity index is 940. The summed E-state index contributed by atoms with van der Waals surface area (Å²) in [5.74, 6) is 1.56. The van der Waals surface area contributed by atoms with Gasteiger partial charge in [0.1, 0.15) is 18.2 Å². The standard InChI is InChI=1S/C17H16BrClN4OS/c1-11-21-22-17(25)23(11)20-9-13-8-14(18)5-6-16(13)24-10-12-3-2-4-15(19)7-12/h2-8,20H,9-10H2,1H3,(H,22,25). The highest BCUT2D eigenvalue weighted by Crippen LogP contribution is 2.25. The highest BCUT2D eigenvalue weighted by Gasteiger charge is 2.07. The highest BCUT2D eigenvalue weighted by atomic mass is 79.9. The van der Waals surface area contributed by atoms with Gasteiger partial charge in [0.2, 0.25) is 4.77 Å². The Morgan fingerprint density at radius 3 is 2.88 bits per heavy atom. The summed E-state index contributed by atoms with van der Waals surface area (Å²) < 4.78 is 9.22. The molecule has 1 heterocycles. The lowest BCUT2D eigenvalue weighted by Gasteiger charge is -2.14. The van der Waals surface area contributed by atoms with Crippen LogP contribution in [-0.4, -0.2) is 14.9 Å². The number of rotatable bonds is 6. The minimum absolute atomic E-state index is 0.444. The molecule has 2 aromatic carbocycles. The summed E-state index contributed by atoms with van der Waals surface area (Å²) in [5, 5.41) is 7.53. The summed E-state index contributed by atoms with van der Waals surface area (Å²) in [4.78, 5) is 0. The number of hydrogen-bond donors (Lipinski definition) is 2. The van der Waals surface area contributed by atoms with Crippen LogP contribution < -0.4 is 10.2 Å². The lowest BCUT2D eigenvalue weighted by Crippen LogP contribution is -2.16. The van der Waals surface area contributed by atoms with Crippen molar-refractivity contribution in [1.82, 2.24) is 14.9 Å². The van der Waals surface area contributed by atoms with E-state index < -0.39 is 0 Å². The maximum atomic E-state index is 6.02. The molecule has 0 fully saturated rings. The van der Waals surface area contributed by atoms with Gasteiger partial charge in [-0.2, -0.15) is 5.10 Å². The number of aryl methyl sites for hydroxylation is 1. The molecular formula is C17H16BrClN4OS. The fourth-order valence-electron chi connectivity index (χ4n) is 2.34. The van der Waals surface area contributed by atoms with Crippen molar-refractivity contribution in [3.05, 3.63) is 73.7 Å². The number of aromatic nitrogens is 3. The summed E-state index contributed by atoms with van der Waals surface area (Å²) in [6.07, 6.45) is 0. The molecule has 5 nitrogen and oxygen atoms in total. The molecule has 0 spiro atoms. The molecule has 0 unspecified atom stereocenters. The van der Waals surface area contributed by atoms with Crippen LogP contribution in [0.1, 0.15) is 17.0 Å². The number of nitrogens with zero attached hydrogens (tertiary/aromatic N) is 2. The first-order valence-electron chi connectivity index (χ1n) is 7.56. The average Bonchev–Trinajstić information content (AvgIpc) is 2.90. The fourth-order valence-corrected chi connectivity index (χ4v) is 3.20. The maximum Gasteiger partial charge on any atom is 0.214 e. The van der Waals surface area contributed by atoms with E-state index in [0.29, 0.717) is 22.9 Å². The second-order valence-electron chi connectivity index (χ2n) is 5.42. The van der Waals surface area contributed by atoms with E-state index in [4.69, 9.17) is 28.6 Å². The molecule has 0 aliphatic rings. The molecule has 0 aliphatic heterocycles. The van der Waals surface area contributed by atoms with Gasteiger partial charge >= 0.3 is 0 Å². The van der Waals surface area contributed by atoms with Crippen molar-refractivity contribution in [3.8, 4) is 5.75 Å². The van der Waals surface area contributed by atoms with Crippen molar-refractivity contribution in [3.63, 3.8) is 0 Å². The number of ether oxygens (including phenoxy) is 1. The molecule has 2 N–H and O–H groups in total. The normalized spacial score (nSPS) is 10.7. The molecule has 8 heteroatoms. The average molecular weight is 440 g/mol. The second-order valence-corrected chi connectivity index (χ2v) is 7.16. The molecule has 3 rings (SSSR count). The molecule has 1 aromatic heterocycles. The van der Waals surface area contributed by atoms with Crippen LogP contribution in [-0.2, 0) is 13.2 Å². The van der Waals surface area contributed by atoms with E-state index in [-0.39, 0.29) is 0 Å². The first-order chi connectivity index (χ1) is 12.0. The van der Waals surface area contributed by atoms with E-state index in [1.165, 1.54) is 0 Å². The van der Waals surface area contributed by atoms with Crippen molar-refractivity contribution in [1.29, 1.82) is 0 Å². The molecular weight excluding hydrogens is 424 g/mol. The van der Waals surface area contributed by atoms with Crippen LogP contribution in [0.15, 0.2) is 46.9 Å². The number of hydrogen-bond acceptors (Lipinski definition) is 4. The Morgan fingerprint density at radius 2 is 2.16 bits per heavy atom. The molecule has 0 bridgehead atoms. The minimum atomic E-state index is 0.444. The van der Waals surface area contributed by atoms with E-state index in [9.17, 15) is 0 Å². The Morgan fingerprint density at radius 1 is 1.32 bits per heavy atom. The van der Waals surface area contributed by atoms with Crippen LogP contribution in [0, 0.1) is 11.7 Å². The van der Waals surface area contributed by atoms with Gasteiger partial charge in [0.25, 0.3) is 0 Å². The maximum absolute atomic E-state index is 6.02. The summed E-state index contributed by atoms with van der Waals surface area (Å²) in [6, 6.07) is 13.5. The summed E-state index contributed by atoms with van der Waals surface area (Å²) >= 11 is 14.7. The lowest BCUT2D eigenvalue weighted by atomic mass is 10.2. The molecule has 0 saturated heterocycles. The van der Waals surface area contributed by atoms with Gasteiger partial charge in [-0.05, 0) is 55.0 Å². The Kier molecular flexibility index (Phi) is 5.78. The SMILES string of the molecule is Cc1n[nH]c(=S)n1NCc1cc(Br)ccc1OCc1cccc(Cl)c1. The minimum Gasteiger partial charge on any atom is -0.489 e. The van der Waals surface area contributed by atoms with E-state index >= 15 is 0 Å². The Balaban J connectivity index is 1.75. The summed E-state index contributed by atoms with van der Waals surface area (Å²) in [7, 11) is 0. The van der Waals surface area contributed by atoms with Crippen molar-refractivity contribution in [2.24, 2.45) is 0 Å². The van der Waals surface area contributed by atoms with Crippen molar-refractivity contribution >= 4 is 39.7 Å². The van der Waals surface area contributed by atoms with Gasteiger partial charge in [-0.25, -0.2) is 4.68 Å². The van der Waals surface area contributed by atoms with E-state index in [0.717, 1.165) is 27.2 Å². The van der Waals surface area contributed by atoms with E-state index in [2.05, 4.69) is 31.6 Å². The second kappa shape index (κ2) is 8.03. The van der Waals surface area contributed by atoms with Crippen LogP contribution in [0.4, 0.5) is 0 Å². The van der Waals surface area contributed by atoms with Gasteiger partial charge in [0, 0.05) is 15.1 Å². The zero-order chi connectivity index (χ0) is 17.8. The molecule has 0 amide bonds. The van der Waals surface area contributed by atoms with E-state index in [1.54, 1.807) is 4.68 Å². The highest BCUT2D eigenvalue weighted by molar-refractivity contribution is 9.10. The predicted molar refractivity (Wildman–Crippen MR) is 105 cm³/mol. The zero-order valence-corrected chi connectivity index (χ0v) is 16.6. The number of halogens is 2. The largest absolute Gasteiger partial charge is 0.489 e. The topological polar surface area (TPSA) is 54.9 Å². The Hall–Kier alpha value is -1.83. The Labute approximate surface area is 164 Å². The van der Waals surface area contributed by atoms with Gasteiger partial charge in [-0.15, -0.1) is 0 Å². The van der Waals surface area contributed by atoms with Crippen LogP contribution in [0.3, 0.4) is 0 Å². The zero-order valence-electron chi connectivity index (χ0n) is 13.4. The summed E-state index contributed by atoms with van der Waals surface area (Å²) in [5.41, 5.74) is 5.26. The van der Waals surface area contributed by atoms with Gasteiger partial charge in [-0.3, -0.25) is 5.10 Å². The molecule has 0 aliphatic carbocycles. The van der Waals surface area contributed by atoms with Crippen molar-refractivity contribution < 1.29 is 4.74 Å². The molecule has 25 heavy (non-hydrogen) atoms. The van der Waals surface area contributed by atoms with Crippen LogP contribution in [0.2, 0.25) is 5.02 Å². The summed E-state index contributed by atoms with van der Waals surface area (Å²) in [6.45, 7) is 2.86. The first-order valence-corrected chi connectivity index (χ1v) is 9.14. The van der Waals surface area contributed by atoms with Gasteiger partial charge in [0.05, 0.1) is 6.54 Å². The predicted octanol–water partition coefficient (Wildman–Crippen LogP) is 4.99. The van der Waals surface area contributed by atoms with Crippen LogP contribution in [0.25, 0.3) is 0 Å². The van der Waals surface area contributed by atoms with Gasteiger partial charge < -0.3 is 10.2 Å². The van der Waals surface area contributed by atoms with Crippen molar-refractivity contribution in [2.45, 2.75) is 20.1 Å². The number of H-pyrrole nitrogens is 1. The quantitative estimate of drug-likeness (QED) is 0.531. The third-order valence-electron chi connectivity index (χ3n) is 3.57. The molecule has 130 valence electrons. The number of aromatic amines is 1. The van der Waals surface area contributed by atoms with Gasteiger partial charge in [0.15, 0.2) is 0 Å². The fraction of sp³-hybridized carbons (Fsp3) is 0.176. The van der Waals surface area contributed by atoms with Gasteiger partial charge in [-0.1, -0.05) is 39.7 Å². The third kappa shape index (κ3) is 4.62. The van der Waals surface area contributed by atoms with E-state index in [1.807, 2.05) is 49.4 Å². The molecule has 0 radical (unpaired) electrons. The molecule has 0 saturated carbocycles. The monoisotopic (exact) mass is 438 g/mol. The first kappa shape index (κ1) is 18.0. The molecule has 3 aromatic rings. The third-order valence-corrected chi connectivity index (χ3v) is 4.58. The number of nitrogens with one attached hydrogen (secondary N) is 2. The van der Waals surface area contributed by atoms with Crippen LogP contribution >= 0.6 is 39.7 Å². The molecule has 0 atom stereocenters.